The van der Waals surface area contributed by atoms with Gasteiger partial charge in [0, 0.05) is 17.5 Å². The first-order chi connectivity index (χ1) is 10.0. The molecule has 2 rings (SSSR count). The van der Waals surface area contributed by atoms with Gasteiger partial charge in [-0.25, -0.2) is 0 Å². The van der Waals surface area contributed by atoms with Crippen molar-refractivity contribution in [1.82, 2.24) is 4.90 Å². The van der Waals surface area contributed by atoms with Crippen LogP contribution in [0.3, 0.4) is 0 Å². The van der Waals surface area contributed by atoms with Crippen LogP contribution in [-0.4, -0.2) is 36.9 Å². The summed E-state index contributed by atoms with van der Waals surface area (Å²) < 4.78 is 5.76. The first kappa shape index (κ1) is 16.0. The van der Waals surface area contributed by atoms with E-state index in [0.717, 1.165) is 24.3 Å². The number of hydrogen-bond acceptors (Lipinski definition) is 3. The van der Waals surface area contributed by atoms with Crippen LogP contribution >= 0.6 is 0 Å². The molecule has 1 aliphatic rings. The minimum atomic E-state index is -0.294. The molecule has 1 aromatic rings. The van der Waals surface area contributed by atoms with Crippen LogP contribution in [0.1, 0.15) is 50.4 Å². The Morgan fingerprint density at radius 3 is 2.38 bits per heavy atom. The molecule has 0 saturated carbocycles. The van der Waals surface area contributed by atoms with Gasteiger partial charge in [-0.1, -0.05) is 20.8 Å². The Labute approximate surface area is 128 Å². The third-order valence-electron chi connectivity index (χ3n) is 4.49. The molecule has 0 spiro atoms. The monoisotopic (exact) mass is 289 g/mol. The van der Waals surface area contributed by atoms with Crippen molar-refractivity contribution in [2.45, 2.75) is 40.0 Å². The lowest BCUT2D eigenvalue weighted by atomic mass is 9.82. The molecule has 0 aromatic heterocycles. The maximum absolute atomic E-state index is 12.3. The fourth-order valence-corrected chi connectivity index (χ4v) is 2.55. The zero-order valence-corrected chi connectivity index (χ0v) is 13.5. The number of hydrogen-bond donors (Lipinski definition) is 0. The van der Waals surface area contributed by atoms with E-state index in [2.05, 4.69) is 4.90 Å². The van der Waals surface area contributed by atoms with Crippen molar-refractivity contribution in [3.8, 4) is 5.75 Å². The van der Waals surface area contributed by atoms with Crippen molar-refractivity contribution >= 4 is 5.78 Å². The number of likely N-dealkylation sites (tertiary alicyclic amines) is 1. The van der Waals surface area contributed by atoms with Crippen molar-refractivity contribution in [1.29, 1.82) is 0 Å². The molecule has 3 nitrogen and oxygen atoms in total. The average molecular weight is 289 g/mol. The van der Waals surface area contributed by atoms with Gasteiger partial charge < -0.3 is 4.74 Å². The van der Waals surface area contributed by atoms with Crippen molar-refractivity contribution in [3.63, 3.8) is 0 Å². The fourth-order valence-electron chi connectivity index (χ4n) is 2.55. The highest BCUT2D eigenvalue weighted by molar-refractivity contribution is 6.00. The topological polar surface area (TPSA) is 29.5 Å². The van der Waals surface area contributed by atoms with Gasteiger partial charge in [-0.2, -0.15) is 0 Å². The van der Waals surface area contributed by atoms with E-state index in [1.807, 2.05) is 45.0 Å². The van der Waals surface area contributed by atoms with E-state index >= 15 is 0 Å². The smallest absolute Gasteiger partial charge is 0.168 e. The molecule has 0 unspecified atom stereocenters. The van der Waals surface area contributed by atoms with Crippen LogP contribution < -0.4 is 4.74 Å². The molecular formula is C18H27NO2. The molecule has 1 heterocycles. The SMILES string of the molecule is CCC(C)(C)C(=O)c1ccc(OCCN2CCCC2)cc1. The van der Waals surface area contributed by atoms with E-state index in [9.17, 15) is 4.79 Å². The number of nitrogens with zero attached hydrogens (tertiary/aromatic N) is 1. The van der Waals surface area contributed by atoms with E-state index in [-0.39, 0.29) is 11.2 Å². The van der Waals surface area contributed by atoms with Gasteiger partial charge in [-0.15, -0.1) is 0 Å². The molecule has 1 saturated heterocycles. The highest BCUT2D eigenvalue weighted by Gasteiger charge is 2.26. The summed E-state index contributed by atoms with van der Waals surface area (Å²) >= 11 is 0. The number of ketones is 1. The van der Waals surface area contributed by atoms with E-state index in [0.29, 0.717) is 6.61 Å². The second-order valence-corrected chi connectivity index (χ2v) is 6.49. The molecule has 1 aliphatic heterocycles. The summed E-state index contributed by atoms with van der Waals surface area (Å²) in [4.78, 5) is 14.8. The Morgan fingerprint density at radius 2 is 1.81 bits per heavy atom. The van der Waals surface area contributed by atoms with Crippen molar-refractivity contribution in [2.24, 2.45) is 5.41 Å². The summed E-state index contributed by atoms with van der Waals surface area (Å²) in [6, 6.07) is 7.57. The van der Waals surface area contributed by atoms with Gasteiger partial charge in [0.1, 0.15) is 12.4 Å². The van der Waals surface area contributed by atoms with Gasteiger partial charge in [0.2, 0.25) is 0 Å². The van der Waals surface area contributed by atoms with Crippen LogP contribution in [0.2, 0.25) is 0 Å². The number of carbonyl (C=O) groups is 1. The molecular weight excluding hydrogens is 262 g/mol. The van der Waals surface area contributed by atoms with Gasteiger partial charge in [-0.3, -0.25) is 9.69 Å². The number of carbonyl (C=O) groups excluding carboxylic acids is 1. The quantitative estimate of drug-likeness (QED) is 0.715. The Bertz CT molecular complexity index is 459. The molecule has 1 aromatic carbocycles. The van der Waals surface area contributed by atoms with Gasteiger partial charge in [0.05, 0.1) is 0 Å². The lowest BCUT2D eigenvalue weighted by molar-refractivity contribution is 0.0833. The highest BCUT2D eigenvalue weighted by Crippen LogP contribution is 2.26. The summed E-state index contributed by atoms with van der Waals surface area (Å²) in [7, 11) is 0. The molecule has 0 radical (unpaired) electrons. The van der Waals surface area contributed by atoms with Crippen molar-refractivity contribution < 1.29 is 9.53 Å². The minimum Gasteiger partial charge on any atom is -0.492 e. The number of ether oxygens (including phenoxy) is 1. The van der Waals surface area contributed by atoms with Crippen LogP contribution in [0.25, 0.3) is 0 Å². The summed E-state index contributed by atoms with van der Waals surface area (Å²) in [5.41, 5.74) is 0.478. The largest absolute Gasteiger partial charge is 0.492 e. The van der Waals surface area contributed by atoms with Crippen LogP contribution in [0.15, 0.2) is 24.3 Å². The second kappa shape index (κ2) is 7.08. The molecule has 1 fully saturated rings. The molecule has 21 heavy (non-hydrogen) atoms. The molecule has 0 aliphatic carbocycles. The van der Waals surface area contributed by atoms with Crippen LogP contribution in [0.4, 0.5) is 0 Å². The predicted octanol–water partition coefficient (Wildman–Crippen LogP) is 3.78. The number of Topliss-reactive ketones (excluding diaryl/α,β-unsaturated/α-hetero) is 1. The Hall–Kier alpha value is -1.35. The number of benzene rings is 1. The molecule has 0 amide bonds. The summed E-state index contributed by atoms with van der Waals surface area (Å²) in [5.74, 6) is 1.05. The third kappa shape index (κ3) is 4.31. The molecule has 116 valence electrons. The van der Waals surface area contributed by atoms with E-state index in [4.69, 9.17) is 4.74 Å². The standard InChI is InChI=1S/C18H27NO2/c1-4-18(2,3)17(20)15-7-9-16(10-8-15)21-14-13-19-11-5-6-12-19/h7-10H,4-6,11-14H2,1-3H3. The molecule has 3 heteroatoms. The normalized spacial score (nSPS) is 16.1. The van der Waals surface area contributed by atoms with Crippen molar-refractivity contribution in [3.05, 3.63) is 29.8 Å². The lowest BCUT2D eigenvalue weighted by Gasteiger charge is -2.21. The second-order valence-electron chi connectivity index (χ2n) is 6.49. The Kier molecular flexibility index (Phi) is 5.40. The van der Waals surface area contributed by atoms with Crippen LogP contribution in [-0.2, 0) is 0 Å². The predicted molar refractivity (Wildman–Crippen MR) is 86.0 cm³/mol. The molecule has 0 atom stereocenters. The van der Waals surface area contributed by atoms with Crippen molar-refractivity contribution in [2.75, 3.05) is 26.2 Å². The zero-order valence-electron chi connectivity index (χ0n) is 13.5. The lowest BCUT2D eigenvalue weighted by Crippen LogP contribution is -2.25. The average Bonchev–Trinajstić information content (AvgIpc) is 3.00. The van der Waals surface area contributed by atoms with Gasteiger partial charge in [0.15, 0.2) is 5.78 Å². The minimum absolute atomic E-state index is 0.202. The van der Waals surface area contributed by atoms with Crippen LogP contribution in [0.5, 0.6) is 5.75 Å². The summed E-state index contributed by atoms with van der Waals surface area (Å²) in [6.45, 7) is 10.1. The first-order valence-electron chi connectivity index (χ1n) is 8.03. The Morgan fingerprint density at radius 1 is 1.19 bits per heavy atom. The molecule has 0 N–H and O–H groups in total. The van der Waals surface area contributed by atoms with E-state index in [1.54, 1.807) is 0 Å². The summed E-state index contributed by atoms with van der Waals surface area (Å²) in [5, 5.41) is 0. The zero-order chi connectivity index (χ0) is 15.3. The van der Waals surface area contributed by atoms with E-state index < -0.39 is 0 Å². The third-order valence-corrected chi connectivity index (χ3v) is 4.49. The number of rotatable bonds is 7. The fraction of sp³-hybridized carbons (Fsp3) is 0.611. The Balaban J connectivity index is 1.85. The maximum Gasteiger partial charge on any atom is 0.168 e. The van der Waals surface area contributed by atoms with Crippen LogP contribution in [0, 0.1) is 5.41 Å². The van der Waals surface area contributed by atoms with Gasteiger partial charge >= 0.3 is 0 Å². The maximum atomic E-state index is 12.3. The van der Waals surface area contributed by atoms with Gasteiger partial charge in [-0.05, 0) is 56.6 Å². The van der Waals surface area contributed by atoms with E-state index in [1.165, 1.54) is 25.9 Å². The summed E-state index contributed by atoms with van der Waals surface area (Å²) in [6.07, 6.45) is 3.47. The first-order valence-corrected chi connectivity index (χ1v) is 8.03. The highest BCUT2D eigenvalue weighted by atomic mass is 16.5. The van der Waals surface area contributed by atoms with Gasteiger partial charge in [0.25, 0.3) is 0 Å². The molecule has 0 bridgehead atoms.